The number of carbonyl (C=O) groups excluding carboxylic acids is 1. The van der Waals surface area contributed by atoms with E-state index in [2.05, 4.69) is 17.4 Å². The fourth-order valence-corrected chi connectivity index (χ4v) is 3.38. The Labute approximate surface area is 133 Å². The molecule has 4 rings (SSSR count). The molecule has 0 aliphatic heterocycles. The first kappa shape index (κ1) is 14.0. The van der Waals surface area contributed by atoms with Crippen LogP contribution in [0.25, 0.3) is 10.9 Å². The molecule has 0 atom stereocenters. The summed E-state index contributed by atoms with van der Waals surface area (Å²) in [5.41, 5.74) is 3.37. The van der Waals surface area contributed by atoms with Gasteiger partial charge in [-0.25, -0.2) is 4.39 Å². The van der Waals surface area contributed by atoms with Crippen LogP contribution in [0.3, 0.4) is 0 Å². The van der Waals surface area contributed by atoms with Gasteiger partial charge in [-0.05, 0) is 53.6 Å². The molecule has 1 N–H and O–H groups in total. The molecule has 3 aromatic rings. The van der Waals surface area contributed by atoms with E-state index in [-0.39, 0.29) is 24.3 Å². The van der Waals surface area contributed by atoms with Gasteiger partial charge in [-0.2, -0.15) is 0 Å². The van der Waals surface area contributed by atoms with Crippen LogP contribution in [0.4, 0.5) is 4.39 Å². The van der Waals surface area contributed by atoms with Gasteiger partial charge in [0.15, 0.2) is 0 Å². The Bertz CT molecular complexity index is 859. The lowest BCUT2D eigenvalue weighted by atomic mass is 10.1. The first-order valence-corrected chi connectivity index (χ1v) is 7.79. The second-order valence-corrected chi connectivity index (χ2v) is 6.09. The summed E-state index contributed by atoms with van der Waals surface area (Å²) < 4.78 is 15.2. The summed E-state index contributed by atoms with van der Waals surface area (Å²) in [6, 6.07) is 15.0. The quantitative estimate of drug-likeness (QED) is 0.793. The Morgan fingerprint density at radius 2 is 1.87 bits per heavy atom. The highest BCUT2D eigenvalue weighted by atomic mass is 19.1. The number of nitrogens with zero attached hydrogens (tertiary/aromatic N) is 1. The van der Waals surface area contributed by atoms with Crippen LogP contribution in [-0.4, -0.2) is 16.5 Å². The highest BCUT2D eigenvalue weighted by Crippen LogP contribution is 2.22. The lowest BCUT2D eigenvalue weighted by Crippen LogP contribution is -2.37. The lowest BCUT2D eigenvalue weighted by molar-refractivity contribution is -0.122. The van der Waals surface area contributed by atoms with Crippen molar-refractivity contribution in [2.75, 3.05) is 0 Å². The molecule has 0 fully saturated rings. The van der Waals surface area contributed by atoms with Crippen molar-refractivity contribution in [1.82, 2.24) is 9.88 Å². The number of benzene rings is 2. The van der Waals surface area contributed by atoms with Gasteiger partial charge >= 0.3 is 0 Å². The average molecular weight is 308 g/mol. The van der Waals surface area contributed by atoms with Crippen LogP contribution in [-0.2, 0) is 24.2 Å². The van der Waals surface area contributed by atoms with E-state index >= 15 is 0 Å². The molecule has 116 valence electrons. The number of hydrogen-bond donors (Lipinski definition) is 1. The Hall–Kier alpha value is -2.62. The second-order valence-electron chi connectivity index (χ2n) is 6.09. The minimum absolute atomic E-state index is 0.0374. The van der Waals surface area contributed by atoms with Crippen LogP contribution in [0.15, 0.2) is 54.7 Å². The molecule has 3 nitrogen and oxygen atoms in total. The maximum absolute atomic E-state index is 13.4. The molecule has 0 bridgehead atoms. The Balaban J connectivity index is 1.45. The number of aromatic nitrogens is 1. The van der Waals surface area contributed by atoms with Gasteiger partial charge in [0.25, 0.3) is 0 Å². The Kier molecular flexibility index (Phi) is 3.37. The van der Waals surface area contributed by atoms with Crippen LogP contribution < -0.4 is 5.32 Å². The average Bonchev–Trinajstić information content (AvgIpc) is 3.10. The monoisotopic (exact) mass is 308 g/mol. The SMILES string of the molecule is O=C(Cn1ccc2ccc(F)cc21)NC1Cc2ccccc2C1. The number of hydrogen-bond acceptors (Lipinski definition) is 1. The molecular formula is C19H17FN2O. The highest BCUT2D eigenvalue weighted by Gasteiger charge is 2.22. The molecule has 0 radical (unpaired) electrons. The molecule has 1 amide bonds. The zero-order valence-corrected chi connectivity index (χ0v) is 12.6. The molecule has 1 aliphatic rings. The molecule has 0 saturated heterocycles. The number of carbonyl (C=O) groups is 1. The van der Waals surface area contributed by atoms with Crippen LogP contribution in [0.1, 0.15) is 11.1 Å². The van der Waals surface area contributed by atoms with Crippen molar-refractivity contribution in [2.24, 2.45) is 0 Å². The zero-order valence-electron chi connectivity index (χ0n) is 12.6. The van der Waals surface area contributed by atoms with Crippen molar-refractivity contribution >= 4 is 16.8 Å². The molecule has 23 heavy (non-hydrogen) atoms. The third kappa shape index (κ3) is 2.72. The van der Waals surface area contributed by atoms with Gasteiger partial charge in [0.05, 0.1) is 5.52 Å². The van der Waals surface area contributed by atoms with E-state index in [0.29, 0.717) is 0 Å². The van der Waals surface area contributed by atoms with Crippen LogP contribution in [0.5, 0.6) is 0 Å². The van der Waals surface area contributed by atoms with Crippen molar-refractivity contribution in [1.29, 1.82) is 0 Å². The number of rotatable bonds is 3. The van der Waals surface area contributed by atoms with Gasteiger partial charge in [0, 0.05) is 12.2 Å². The number of nitrogens with one attached hydrogen (secondary N) is 1. The van der Waals surface area contributed by atoms with Crippen molar-refractivity contribution in [2.45, 2.75) is 25.4 Å². The first-order valence-electron chi connectivity index (χ1n) is 7.79. The van der Waals surface area contributed by atoms with Gasteiger partial charge in [0.1, 0.15) is 12.4 Å². The fraction of sp³-hybridized carbons (Fsp3) is 0.211. The Morgan fingerprint density at radius 1 is 1.13 bits per heavy atom. The standard InChI is InChI=1S/C19H17FN2O/c20-16-6-5-13-7-8-22(18(13)11-16)12-19(23)21-17-9-14-3-1-2-4-15(14)10-17/h1-8,11,17H,9-10,12H2,(H,21,23). The van der Waals surface area contributed by atoms with Crippen molar-refractivity contribution < 1.29 is 9.18 Å². The van der Waals surface area contributed by atoms with E-state index in [9.17, 15) is 9.18 Å². The minimum atomic E-state index is -0.288. The van der Waals surface area contributed by atoms with Crippen molar-refractivity contribution in [3.8, 4) is 0 Å². The third-order valence-corrected chi connectivity index (χ3v) is 4.47. The number of halogens is 1. The van der Waals surface area contributed by atoms with Gasteiger partial charge < -0.3 is 9.88 Å². The lowest BCUT2D eigenvalue weighted by Gasteiger charge is -2.13. The van der Waals surface area contributed by atoms with Crippen LogP contribution >= 0.6 is 0 Å². The van der Waals surface area contributed by atoms with Crippen molar-refractivity contribution in [3.63, 3.8) is 0 Å². The van der Waals surface area contributed by atoms with E-state index < -0.39 is 0 Å². The summed E-state index contributed by atoms with van der Waals surface area (Å²) in [5, 5.41) is 4.03. The first-order chi connectivity index (χ1) is 11.2. The van der Waals surface area contributed by atoms with E-state index in [1.807, 2.05) is 24.4 Å². The van der Waals surface area contributed by atoms with Crippen LogP contribution in [0.2, 0.25) is 0 Å². The Morgan fingerprint density at radius 3 is 2.61 bits per heavy atom. The molecule has 2 aromatic carbocycles. The normalized spacial score (nSPS) is 14.1. The summed E-state index contributed by atoms with van der Waals surface area (Å²) in [6.07, 6.45) is 3.58. The van der Waals surface area contributed by atoms with Gasteiger partial charge in [-0.3, -0.25) is 4.79 Å². The van der Waals surface area contributed by atoms with E-state index in [0.717, 1.165) is 23.7 Å². The smallest absolute Gasteiger partial charge is 0.240 e. The predicted molar refractivity (Wildman–Crippen MR) is 87.7 cm³/mol. The molecule has 1 aliphatic carbocycles. The molecular weight excluding hydrogens is 291 g/mol. The fourth-order valence-electron chi connectivity index (χ4n) is 3.38. The molecule has 1 aromatic heterocycles. The highest BCUT2D eigenvalue weighted by molar-refractivity contribution is 5.83. The summed E-state index contributed by atoms with van der Waals surface area (Å²) >= 11 is 0. The summed E-state index contributed by atoms with van der Waals surface area (Å²) in [4.78, 5) is 12.3. The maximum atomic E-state index is 13.4. The summed E-state index contributed by atoms with van der Waals surface area (Å²) in [6.45, 7) is 0.208. The predicted octanol–water partition coefficient (Wildman–Crippen LogP) is 3.06. The zero-order chi connectivity index (χ0) is 15.8. The molecule has 0 unspecified atom stereocenters. The van der Waals surface area contributed by atoms with Gasteiger partial charge in [-0.15, -0.1) is 0 Å². The summed E-state index contributed by atoms with van der Waals surface area (Å²) in [7, 11) is 0. The van der Waals surface area contributed by atoms with Gasteiger partial charge in [0.2, 0.25) is 5.91 Å². The second kappa shape index (κ2) is 5.54. The van der Waals surface area contributed by atoms with Crippen molar-refractivity contribution in [3.05, 3.63) is 71.7 Å². The maximum Gasteiger partial charge on any atom is 0.240 e. The molecule has 0 saturated carbocycles. The van der Waals surface area contributed by atoms with E-state index in [1.165, 1.54) is 23.3 Å². The topological polar surface area (TPSA) is 34.0 Å². The number of amides is 1. The third-order valence-electron chi connectivity index (χ3n) is 4.47. The molecule has 1 heterocycles. The molecule has 4 heteroatoms. The summed E-state index contributed by atoms with van der Waals surface area (Å²) in [5.74, 6) is -0.325. The van der Waals surface area contributed by atoms with E-state index in [1.54, 1.807) is 10.6 Å². The molecule has 0 spiro atoms. The van der Waals surface area contributed by atoms with Gasteiger partial charge in [-0.1, -0.05) is 24.3 Å². The minimum Gasteiger partial charge on any atom is -0.351 e. The van der Waals surface area contributed by atoms with Crippen LogP contribution in [0, 0.1) is 5.82 Å². The number of fused-ring (bicyclic) bond motifs is 2. The largest absolute Gasteiger partial charge is 0.351 e. The van der Waals surface area contributed by atoms with E-state index in [4.69, 9.17) is 0 Å².